The lowest BCUT2D eigenvalue weighted by atomic mass is 9.94. The molecular formula is C24H37N5O4. The van der Waals surface area contributed by atoms with E-state index in [0.717, 1.165) is 12.1 Å². The molecule has 1 aromatic rings. The fourth-order valence-electron chi connectivity index (χ4n) is 4.04. The highest BCUT2D eigenvalue weighted by molar-refractivity contribution is 5.97. The van der Waals surface area contributed by atoms with Gasteiger partial charge >= 0.3 is 6.09 Å². The first kappa shape index (κ1) is 24.8. The first-order valence-electron chi connectivity index (χ1n) is 11.7. The van der Waals surface area contributed by atoms with Crippen molar-refractivity contribution in [3.8, 4) is 0 Å². The van der Waals surface area contributed by atoms with Crippen LogP contribution in [0.25, 0.3) is 0 Å². The molecule has 0 spiro atoms. The first-order valence-corrected chi connectivity index (χ1v) is 11.7. The van der Waals surface area contributed by atoms with E-state index >= 15 is 0 Å². The van der Waals surface area contributed by atoms with Crippen molar-refractivity contribution in [3.63, 3.8) is 0 Å². The SMILES string of the molecule is CC(C)(C)OC(=O)N1CCN(c2ccc(NC(=O)C3CCCN3C(=O)C(C)(C)C)nc2)CC1. The minimum Gasteiger partial charge on any atom is -0.444 e. The first-order chi connectivity index (χ1) is 15.3. The highest BCUT2D eigenvalue weighted by atomic mass is 16.6. The van der Waals surface area contributed by atoms with Gasteiger partial charge in [-0.3, -0.25) is 9.59 Å². The molecule has 9 nitrogen and oxygen atoms in total. The Morgan fingerprint density at radius 3 is 2.21 bits per heavy atom. The topological polar surface area (TPSA) is 95.1 Å². The Labute approximate surface area is 196 Å². The van der Waals surface area contributed by atoms with Crippen molar-refractivity contribution in [2.24, 2.45) is 5.41 Å². The number of nitrogens with one attached hydrogen (secondary N) is 1. The maximum atomic E-state index is 12.8. The number of hydrogen-bond acceptors (Lipinski definition) is 6. The van der Waals surface area contributed by atoms with Crippen molar-refractivity contribution in [3.05, 3.63) is 18.3 Å². The minimum absolute atomic E-state index is 0.00557. The van der Waals surface area contributed by atoms with E-state index < -0.39 is 17.1 Å². The van der Waals surface area contributed by atoms with Gasteiger partial charge in [-0.05, 0) is 45.7 Å². The molecule has 1 unspecified atom stereocenters. The van der Waals surface area contributed by atoms with Crippen LogP contribution in [0.1, 0.15) is 54.4 Å². The number of rotatable bonds is 3. The van der Waals surface area contributed by atoms with Gasteiger partial charge in [0.25, 0.3) is 0 Å². The second-order valence-corrected chi connectivity index (χ2v) is 10.8. The molecule has 3 amide bonds. The second kappa shape index (κ2) is 9.57. The number of hydrogen-bond donors (Lipinski definition) is 1. The van der Waals surface area contributed by atoms with Crippen LogP contribution in [0, 0.1) is 5.41 Å². The van der Waals surface area contributed by atoms with Gasteiger partial charge in [-0.25, -0.2) is 9.78 Å². The summed E-state index contributed by atoms with van der Waals surface area (Å²) >= 11 is 0. The van der Waals surface area contributed by atoms with Crippen LogP contribution in [0.3, 0.4) is 0 Å². The van der Waals surface area contributed by atoms with Gasteiger partial charge in [0.2, 0.25) is 11.8 Å². The lowest BCUT2D eigenvalue weighted by molar-refractivity contribution is -0.143. The smallest absolute Gasteiger partial charge is 0.410 e. The van der Waals surface area contributed by atoms with Gasteiger partial charge in [-0.1, -0.05) is 20.8 Å². The molecule has 2 aliphatic rings. The summed E-state index contributed by atoms with van der Waals surface area (Å²) in [7, 11) is 0. The second-order valence-electron chi connectivity index (χ2n) is 10.8. The third-order valence-corrected chi connectivity index (χ3v) is 5.75. The highest BCUT2D eigenvalue weighted by Crippen LogP contribution is 2.26. The standard InChI is InChI=1S/C24H37N5O4/c1-23(2,3)21(31)29-11-7-8-18(29)20(30)26-19-10-9-17(16-25-19)27-12-14-28(15-13-27)22(32)33-24(4,5)6/h9-10,16,18H,7-8,11-15H2,1-6H3,(H,25,26,30). The number of anilines is 2. The largest absolute Gasteiger partial charge is 0.444 e. The quantitative estimate of drug-likeness (QED) is 0.746. The molecular weight excluding hydrogens is 422 g/mol. The summed E-state index contributed by atoms with van der Waals surface area (Å²) in [4.78, 5) is 47.7. The van der Waals surface area contributed by atoms with E-state index in [2.05, 4.69) is 15.2 Å². The molecule has 3 heterocycles. The predicted molar refractivity (Wildman–Crippen MR) is 127 cm³/mol. The monoisotopic (exact) mass is 459 g/mol. The number of piperazine rings is 1. The summed E-state index contributed by atoms with van der Waals surface area (Å²) in [6.45, 7) is 14.3. The van der Waals surface area contributed by atoms with Gasteiger partial charge in [0.05, 0.1) is 11.9 Å². The van der Waals surface area contributed by atoms with Crippen molar-refractivity contribution in [2.45, 2.75) is 66.0 Å². The predicted octanol–water partition coefficient (Wildman–Crippen LogP) is 3.11. The number of pyridine rings is 1. The summed E-state index contributed by atoms with van der Waals surface area (Å²) in [5.41, 5.74) is -0.0909. The van der Waals surface area contributed by atoms with Crippen LogP contribution >= 0.6 is 0 Å². The molecule has 0 saturated carbocycles. The Kier molecular flexibility index (Phi) is 7.19. The molecule has 0 aromatic carbocycles. The number of aromatic nitrogens is 1. The van der Waals surface area contributed by atoms with Gasteiger partial charge in [-0.2, -0.15) is 0 Å². The lowest BCUT2D eigenvalue weighted by Gasteiger charge is -2.36. The van der Waals surface area contributed by atoms with Gasteiger partial charge in [0.1, 0.15) is 17.5 Å². The van der Waals surface area contributed by atoms with Crippen LogP contribution in [0.4, 0.5) is 16.3 Å². The number of amides is 3. The summed E-state index contributed by atoms with van der Waals surface area (Å²) in [6, 6.07) is 3.23. The number of carbonyl (C=O) groups excluding carboxylic acids is 3. The molecule has 3 rings (SSSR count). The van der Waals surface area contributed by atoms with Crippen LogP contribution in [0.2, 0.25) is 0 Å². The van der Waals surface area contributed by atoms with Crippen LogP contribution in [0.5, 0.6) is 0 Å². The molecule has 2 fully saturated rings. The lowest BCUT2D eigenvalue weighted by Crippen LogP contribution is -2.50. The van der Waals surface area contributed by atoms with E-state index in [9.17, 15) is 14.4 Å². The summed E-state index contributed by atoms with van der Waals surface area (Å²) in [5.74, 6) is 0.261. The zero-order valence-electron chi connectivity index (χ0n) is 20.7. The van der Waals surface area contributed by atoms with Crippen molar-refractivity contribution in [1.29, 1.82) is 0 Å². The summed E-state index contributed by atoms with van der Waals surface area (Å²) < 4.78 is 5.45. The molecule has 2 aliphatic heterocycles. The average Bonchev–Trinajstić information content (AvgIpc) is 3.22. The van der Waals surface area contributed by atoms with Crippen LogP contribution < -0.4 is 10.2 Å². The Hall–Kier alpha value is -2.84. The summed E-state index contributed by atoms with van der Waals surface area (Å²) in [6.07, 6.45) is 2.92. The Morgan fingerprint density at radius 1 is 1.00 bits per heavy atom. The normalized spacial score (nSPS) is 19.5. The third-order valence-electron chi connectivity index (χ3n) is 5.75. The van der Waals surface area contributed by atoms with E-state index in [1.807, 2.05) is 47.6 Å². The Bertz CT molecular complexity index is 864. The minimum atomic E-state index is -0.518. The molecule has 1 aromatic heterocycles. The fourth-order valence-corrected chi connectivity index (χ4v) is 4.04. The van der Waals surface area contributed by atoms with Crippen molar-refractivity contribution in [2.75, 3.05) is 42.9 Å². The Morgan fingerprint density at radius 2 is 1.67 bits per heavy atom. The summed E-state index contributed by atoms with van der Waals surface area (Å²) in [5, 5.41) is 2.86. The van der Waals surface area contributed by atoms with Gasteiger partial charge in [0.15, 0.2) is 0 Å². The van der Waals surface area contributed by atoms with Crippen LogP contribution in [-0.4, -0.2) is 77.1 Å². The maximum absolute atomic E-state index is 12.8. The number of nitrogens with zero attached hydrogens (tertiary/aromatic N) is 4. The molecule has 0 radical (unpaired) electrons. The molecule has 9 heteroatoms. The van der Waals surface area contributed by atoms with Crippen molar-refractivity contribution >= 4 is 29.4 Å². The molecule has 0 aliphatic carbocycles. The van der Waals surface area contributed by atoms with E-state index in [0.29, 0.717) is 45.0 Å². The number of ether oxygens (including phenoxy) is 1. The average molecular weight is 460 g/mol. The number of likely N-dealkylation sites (tertiary alicyclic amines) is 1. The van der Waals surface area contributed by atoms with Crippen molar-refractivity contribution in [1.82, 2.24) is 14.8 Å². The molecule has 33 heavy (non-hydrogen) atoms. The van der Waals surface area contributed by atoms with Gasteiger partial charge in [-0.15, -0.1) is 0 Å². The molecule has 2 saturated heterocycles. The molecule has 1 atom stereocenters. The van der Waals surface area contributed by atoms with E-state index in [1.54, 1.807) is 22.1 Å². The highest BCUT2D eigenvalue weighted by Gasteiger charge is 2.38. The van der Waals surface area contributed by atoms with Gasteiger partial charge < -0.3 is 24.8 Å². The fraction of sp³-hybridized carbons (Fsp3) is 0.667. The maximum Gasteiger partial charge on any atom is 0.410 e. The molecule has 1 N–H and O–H groups in total. The third kappa shape index (κ3) is 6.36. The Balaban J connectivity index is 1.54. The number of carbonyl (C=O) groups is 3. The molecule has 182 valence electrons. The zero-order chi connectivity index (χ0) is 24.4. The van der Waals surface area contributed by atoms with Crippen LogP contribution in [0.15, 0.2) is 18.3 Å². The van der Waals surface area contributed by atoms with Gasteiger partial charge in [0, 0.05) is 38.1 Å². The van der Waals surface area contributed by atoms with Crippen LogP contribution in [-0.2, 0) is 14.3 Å². The zero-order valence-corrected chi connectivity index (χ0v) is 20.7. The van der Waals surface area contributed by atoms with E-state index in [4.69, 9.17) is 4.74 Å². The van der Waals surface area contributed by atoms with E-state index in [1.165, 1.54) is 0 Å². The van der Waals surface area contributed by atoms with E-state index in [-0.39, 0.29) is 17.9 Å². The molecule has 0 bridgehead atoms. The van der Waals surface area contributed by atoms with Crippen molar-refractivity contribution < 1.29 is 19.1 Å².